The number of nitrogens with one attached hydrogen (secondary N) is 2. The number of fused-ring (bicyclic) bond motifs is 4. The molecule has 0 spiro atoms. The molecule has 3 aliphatic heterocycles. The van der Waals surface area contributed by atoms with Crippen LogP contribution in [-0.4, -0.2) is 65.5 Å². The van der Waals surface area contributed by atoms with Crippen LogP contribution in [0.1, 0.15) is 28.9 Å². The Morgan fingerprint density at radius 1 is 1.44 bits per heavy atom. The Hall–Kier alpha value is -2.12. The van der Waals surface area contributed by atoms with Crippen molar-refractivity contribution in [2.75, 3.05) is 33.3 Å². The number of aromatic amines is 1. The van der Waals surface area contributed by atoms with E-state index in [-0.39, 0.29) is 5.56 Å². The summed E-state index contributed by atoms with van der Waals surface area (Å²) < 4.78 is 5.18. The summed E-state index contributed by atoms with van der Waals surface area (Å²) in [4.78, 5) is 14.1. The van der Waals surface area contributed by atoms with Crippen LogP contribution in [0.15, 0.2) is 12.1 Å². The smallest absolute Gasteiger partial charge is 0.336 e. The van der Waals surface area contributed by atoms with Gasteiger partial charge in [0.25, 0.3) is 0 Å². The van der Waals surface area contributed by atoms with E-state index < -0.39 is 5.97 Å². The molecule has 0 radical (unpaired) electrons. The molecule has 1 aromatic heterocycles. The van der Waals surface area contributed by atoms with Crippen molar-refractivity contribution in [3.8, 4) is 5.75 Å². The van der Waals surface area contributed by atoms with Gasteiger partial charge >= 0.3 is 5.97 Å². The first-order chi connectivity index (χ1) is 12.2. The molecule has 0 aliphatic carbocycles. The lowest BCUT2D eigenvalue weighted by Crippen LogP contribution is -2.56. The molecule has 1 atom stereocenters. The number of benzene rings is 1. The van der Waals surface area contributed by atoms with Gasteiger partial charge in [0, 0.05) is 42.7 Å². The van der Waals surface area contributed by atoms with Crippen LogP contribution in [0.2, 0.25) is 0 Å². The van der Waals surface area contributed by atoms with Crippen LogP contribution in [0.25, 0.3) is 10.9 Å². The number of nitrogens with zero attached hydrogens (tertiary/aromatic N) is 2. The minimum atomic E-state index is -0.961. The first-order valence-corrected chi connectivity index (χ1v) is 8.89. The van der Waals surface area contributed by atoms with E-state index in [1.165, 1.54) is 33.0 Å². The molecule has 2 aromatic rings. The fourth-order valence-electron chi connectivity index (χ4n) is 4.24. The van der Waals surface area contributed by atoms with E-state index in [2.05, 4.69) is 20.4 Å². The predicted molar refractivity (Wildman–Crippen MR) is 94.3 cm³/mol. The zero-order valence-electron chi connectivity index (χ0n) is 14.4. The number of rotatable bonds is 6. The van der Waals surface area contributed by atoms with E-state index in [0.717, 1.165) is 31.1 Å². The Labute approximate surface area is 146 Å². The fourth-order valence-corrected chi connectivity index (χ4v) is 4.24. The third-order valence-electron chi connectivity index (χ3n) is 5.61. The van der Waals surface area contributed by atoms with Crippen molar-refractivity contribution in [2.24, 2.45) is 5.92 Å². The summed E-state index contributed by atoms with van der Waals surface area (Å²) in [6.07, 6.45) is 3.30. The SMILES string of the molecule is COc1cc(C(=O)O)c2c(CCNC3CN4CCC3CC4)[nH]nc2c1. The summed E-state index contributed by atoms with van der Waals surface area (Å²) in [7, 11) is 1.53. The second kappa shape index (κ2) is 6.65. The molecule has 0 saturated carbocycles. The van der Waals surface area contributed by atoms with Crippen molar-refractivity contribution in [3.05, 3.63) is 23.4 Å². The summed E-state index contributed by atoms with van der Waals surface area (Å²) in [6.45, 7) is 4.42. The number of hydrogen-bond donors (Lipinski definition) is 3. The minimum absolute atomic E-state index is 0.237. The van der Waals surface area contributed by atoms with Crippen LogP contribution in [0, 0.1) is 5.92 Å². The second-order valence-corrected chi connectivity index (χ2v) is 7.03. The zero-order valence-corrected chi connectivity index (χ0v) is 14.4. The van der Waals surface area contributed by atoms with Crippen molar-refractivity contribution in [2.45, 2.75) is 25.3 Å². The van der Waals surface area contributed by atoms with Gasteiger partial charge in [0.2, 0.25) is 0 Å². The molecular formula is C18H24N4O3. The molecule has 3 saturated heterocycles. The summed E-state index contributed by atoms with van der Waals surface area (Å²) in [5.74, 6) is 0.326. The van der Waals surface area contributed by atoms with Gasteiger partial charge in [-0.2, -0.15) is 5.10 Å². The zero-order chi connectivity index (χ0) is 17.4. The van der Waals surface area contributed by atoms with Crippen molar-refractivity contribution >= 4 is 16.9 Å². The third-order valence-corrected chi connectivity index (χ3v) is 5.61. The van der Waals surface area contributed by atoms with Gasteiger partial charge in [0.15, 0.2) is 0 Å². The maximum atomic E-state index is 11.6. The van der Waals surface area contributed by atoms with E-state index in [4.69, 9.17) is 4.74 Å². The number of methoxy groups -OCH3 is 1. The normalized spacial score (nSPS) is 25.4. The lowest BCUT2D eigenvalue weighted by atomic mass is 9.84. The van der Waals surface area contributed by atoms with Gasteiger partial charge in [0.05, 0.1) is 18.2 Å². The maximum absolute atomic E-state index is 11.6. The van der Waals surface area contributed by atoms with E-state index >= 15 is 0 Å². The summed E-state index contributed by atoms with van der Waals surface area (Å²) in [6, 6.07) is 3.88. The molecule has 1 aromatic carbocycles. The molecule has 5 rings (SSSR count). The molecule has 3 N–H and O–H groups in total. The largest absolute Gasteiger partial charge is 0.497 e. The molecule has 7 heteroatoms. The van der Waals surface area contributed by atoms with E-state index in [0.29, 0.717) is 22.7 Å². The Bertz CT molecular complexity index is 780. The van der Waals surface area contributed by atoms with Gasteiger partial charge in [-0.3, -0.25) is 5.10 Å². The van der Waals surface area contributed by atoms with Crippen molar-refractivity contribution < 1.29 is 14.6 Å². The van der Waals surface area contributed by atoms with E-state index in [9.17, 15) is 9.90 Å². The predicted octanol–water partition coefficient (Wildman–Crippen LogP) is 1.50. The summed E-state index contributed by atoms with van der Waals surface area (Å²) >= 11 is 0. The lowest BCUT2D eigenvalue weighted by molar-refractivity contribution is 0.0698. The fraction of sp³-hybridized carbons (Fsp3) is 0.556. The van der Waals surface area contributed by atoms with Crippen LogP contribution < -0.4 is 10.1 Å². The maximum Gasteiger partial charge on any atom is 0.336 e. The second-order valence-electron chi connectivity index (χ2n) is 7.03. The molecule has 134 valence electrons. The first kappa shape index (κ1) is 16.4. The molecule has 0 amide bonds. The lowest BCUT2D eigenvalue weighted by Gasteiger charge is -2.45. The van der Waals surface area contributed by atoms with Crippen LogP contribution in [0.4, 0.5) is 0 Å². The number of carboxylic acid groups (broad SMARTS) is 1. The van der Waals surface area contributed by atoms with Crippen molar-refractivity contribution in [1.82, 2.24) is 20.4 Å². The highest BCUT2D eigenvalue weighted by Crippen LogP contribution is 2.28. The highest BCUT2D eigenvalue weighted by Gasteiger charge is 2.33. The van der Waals surface area contributed by atoms with Crippen molar-refractivity contribution in [3.63, 3.8) is 0 Å². The van der Waals surface area contributed by atoms with Crippen LogP contribution in [-0.2, 0) is 6.42 Å². The van der Waals surface area contributed by atoms with E-state index in [1.54, 1.807) is 12.1 Å². The third kappa shape index (κ3) is 3.09. The Morgan fingerprint density at radius 3 is 2.88 bits per heavy atom. The quantitative estimate of drug-likeness (QED) is 0.736. The average Bonchev–Trinajstić information content (AvgIpc) is 3.05. The number of hydrogen-bond acceptors (Lipinski definition) is 5. The van der Waals surface area contributed by atoms with Gasteiger partial charge in [-0.05, 0) is 37.9 Å². The summed E-state index contributed by atoms with van der Waals surface area (Å²) in [5, 5.41) is 21.2. The molecule has 25 heavy (non-hydrogen) atoms. The van der Waals surface area contributed by atoms with Gasteiger partial charge < -0.3 is 20.1 Å². The number of H-pyrrole nitrogens is 1. The van der Waals surface area contributed by atoms with Crippen LogP contribution in [0.5, 0.6) is 5.75 Å². The molecule has 4 heterocycles. The number of ether oxygens (including phenoxy) is 1. The number of aromatic nitrogens is 2. The number of carboxylic acids is 1. The highest BCUT2D eigenvalue weighted by atomic mass is 16.5. The first-order valence-electron chi connectivity index (χ1n) is 8.89. The number of piperidine rings is 3. The molecule has 1 unspecified atom stereocenters. The monoisotopic (exact) mass is 344 g/mol. The standard InChI is InChI=1S/C18H24N4O3/c1-25-12-8-13(18(23)24)17-14(20-21-15(17)9-12)2-5-19-16-10-22-6-3-11(16)4-7-22/h8-9,11,16,19H,2-7,10H2,1H3,(H,20,21)(H,23,24). The molecule has 3 fully saturated rings. The Balaban J connectivity index is 1.49. The summed E-state index contributed by atoms with van der Waals surface area (Å²) in [5.41, 5.74) is 1.74. The van der Waals surface area contributed by atoms with Gasteiger partial charge in [-0.25, -0.2) is 4.79 Å². The number of aromatic carboxylic acids is 1. The Kier molecular flexibility index (Phi) is 4.35. The minimum Gasteiger partial charge on any atom is -0.497 e. The topological polar surface area (TPSA) is 90.5 Å². The average molecular weight is 344 g/mol. The van der Waals surface area contributed by atoms with E-state index in [1.807, 2.05) is 0 Å². The molecular weight excluding hydrogens is 320 g/mol. The molecule has 7 nitrogen and oxygen atoms in total. The van der Waals surface area contributed by atoms with Crippen molar-refractivity contribution in [1.29, 1.82) is 0 Å². The number of carbonyl (C=O) groups is 1. The highest BCUT2D eigenvalue weighted by molar-refractivity contribution is 6.04. The van der Waals surface area contributed by atoms with Gasteiger partial charge in [-0.1, -0.05) is 0 Å². The molecule has 3 aliphatic rings. The molecule has 2 bridgehead atoms. The van der Waals surface area contributed by atoms with Gasteiger partial charge in [-0.15, -0.1) is 0 Å². The Morgan fingerprint density at radius 2 is 2.24 bits per heavy atom. The van der Waals surface area contributed by atoms with Crippen LogP contribution in [0.3, 0.4) is 0 Å². The van der Waals surface area contributed by atoms with Gasteiger partial charge in [0.1, 0.15) is 5.75 Å². The van der Waals surface area contributed by atoms with Crippen LogP contribution >= 0.6 is 0 Å².